The fourth-order valence-electron chi connectivity index (χ4n) is 2.84. The summed E-state index contributed by atoms with van der Waals surface area (Å²) in [6, 6.07) is 0. The van der Waals surface area contributed by atoms with Gasteiger partial charge in [-0.05, 0) is 31.1 Å². The molecule has 0 aromatic carbocycles. The molecule has 3 nitrogen and oxygen atoms in total. The fourth-order valence-corrected chi connectivity index (χ4v) is 2.84. The van der Waals surface area contributed by atoms with E-state index in [0.29, 0.717) is 18.4 Å². The first-order valence-corrected chi connectivity index (χ1v) is 6.07. The van der Waals surface area contributed by atoms with E-state index in [1.54, 1.807) is 0 Å². The lowest BCUT2D eigenvalue weighted by Crippen LogP contribution is -2.40. The third kappa shape index (κ3) is 2.71. The average Bonchev–Trinajstić information content (AvgIpc) is 2.66. The number of aliphatic hydroxyl groups excluding tert-OH is 1. The molecule has 0 aromatic heterocycles. The normalized spacial score (nSPS) is 38.4. The lowest BCUT2D eigenvalue weighted by molar-refractivity contribution is -0.101. The van der Waals surface area contributed by atoms with Gasteiger partial charge in [0, 0.05) is 26.2 Å². The Kier molecular flexibility index (Phi) is 3.65. The second-order valence-electron chi connectivity index (χ2n) is 5.22. The first-order chi connectivity index (χ1) is 7.24. The molecule has 2 saturated heterocycles. The summed E-state index contributed by atoms with van der Waals surface area (Å²) in [7, 11) is 0. The molecule has 0 aromatic rings. The Morgan fingerprint density at radius 1 is 1.47 bits per heavy atom. The smallest absolute Gasteiger partial charge is 0.0939 e. The molecule has 2 heterocycles. The van der Waals surface area contributed by atoms with Crippen LogP contribution in [0.15, 0.2) is 0 Å². The summed E-state index contributed by atoms with van der Waals surface area (Å²) in [5.41, 5.74) is 0.0259. The highest BCUT2D eigenvalue weighted by atomic mass is 16.6. The van der Waals surface area contributed by atoms with Crippen LogP contribution in [0.25, 0.3) is 0 Å². The van der Waals surface area contributed by atoms with Gasteiger partial charge in [-0.2, -0.15) is 0 Å². The number of rotatable bonds is 3. The van der Waals surface area contributed by atoms with E-state index in [9.17, 15) is 0 Å². The van der Waals surface area contributed by atoms with Crippen LogP contribution in [0.1, 0.15) is 32.6 Å². The van der Waals surface area contributed by atoms with Crippen molar-refractivity contribution in [3.8, 4) is 0 Å². The molecule has 0 amide bonds. The molecule has 2 aliphatic heterocycles. The summed E-state index contributed by atoms with van der Waals surface area (Å²) in [5, 5.41) is 9.07. The third-order valence-corrected chi connectivity index (χ3v) is 3.71. The second-order valence-corrected chi connectivity index (χ2v) is 5.22. The highest BCUT2D eigenvalue weighted by molar-refractivity contribution is 4.90. The molecule has 2 fully saturated rings. The maximum atomic E-state index is 9.07. The maximum Gasteiger partial charge on any atom is 0.0939 e. The standard InChI is InChI=1S/C12H22O3/c1-10(8-13)6-11-2-4-15-12(7-11)3-5-14-9-12/h10-11,13H,2-9H2,1H3. The molecule has 15 heavy (non-hydrogen) atoms. The summed E-state index contributed by atoms with van der Waals surface area (Å²) >= 11 is 0. The quantitative estimate of drug-likeness (QED) is 0.775. The van der Waals surface area contributed by atoms with E-state index in [4.69, 9.17) is 14.6 Å². The minimum absolute atomic E-state index is 0.0259. The van der Waals surface area contributed by atoms with Crippen LogP contribution in [0.3, 0.4) is 0 Å². The summed E-state index contributed by atoms with van der Waals surface area (Å²) in [6.45, 7) is 4.92. The van der Waals surface area contributed by atoms with Gasteiger partial charge in [0.15, 0.2) is 0 Å². The minimum atomic E-state index is 0.0259. The first kappa shape index (κ1) is 11.4. The van der Waals surface area contributed by atoms with E-state index in [0.717, 1.165) is 45.5 Å². The highest BCUT2D eigenvalue weighted by Crippen LogP contribution is 2.37. The van der Waals surface area contributed by atoms with Crippen molar-refractivity contribution in [2.75, 3.05) is 26.4 Å². The summed E-state index contributed by atoms with van der Waals surface area (Å²) in [5.74, 6) is 1.13. The molecule has 1 spiro atoms. The number of hydrogen-bond acceptors (Lipinski definition) is 3. The monoisotopic (exact) mass is 214 g/mol. The van der Waals surface area contributed by atoms with Gasteiger partial charge in [-0.25, -0.2) is 0 Å². The van der Waals surface area contributed by atoms with E-state index in [1.807, 2.05) is 0 Å². The molecule has 2 aliphatic rings. The van der Waals surface area contributed by atoms with Gasteiger partial charge in [-0.1, -0.05) is 6.92 Å². The molecule has 3 unspecified atom stereocenters. The van der Waals surface area contributed by atoms with E-state index in [2.05, 4.69) is 6.92 Å². The molecular weight excluding hydrogens is 192 g/mol. The molecule has 88 valence electrons. The number of ether oxygens (including phenoxy) is 2. The lowest BCUT2D eigenvalue weighted by atomic mass is 9.81. The van der Waals surface area contributed by atoms with Gasteiger partial charge in [-0.3, -0.25) is 0 Å². The van der Waals surface area contributed by atoms with Gasteiger partial charge < -0.3 is 14.6 Å². The van der Waals surface area contributed by atoms with Crippen LogP contribution in [-0.4, -0.2) is 37.1 Å². The molecular formula is C12H22O3. The van der Waals surface area contributed by atoms with E-state index < -0.39 is 0 Å². The van der Waals surface area contributed by atoms with Crippen molar-refractivity contribution in [1.82, 2.24) is 0 Å². The molecule has 3 heteroatoms. The molecule has 0 saturated carbocycles. The zero-order valence-electron chi connectivity index (χ0n) is 9.58. The van der Waals surface area contributed by atoms with Gasteiger partial charge in [0.05, 0.1) is 12.2 Å². The van der Waals surface area contributed by atoms with Crippen molar-refractivity contribution in [2.45, 2.75) is 38.2 Å². The van der Waals surface area contributed by atoms with Crippen molar-refractivity contribution in [1.29, 1.82) is 0 Å². The Balaban J connectivity index is 1.86. The van der Waals surface area contributed by atoms with Crippen molar-refractivity contribution in [3.63, 3.8) is 0 Å². The summed E-state index contributed by atoms with van der Waals surface area (Å²) in [6.07, 6.45) is 4.45. The van der Waals surface area contributed by atoms with Crippen molar-refractivity contribution in [3.05, 3.63) is 0 Å². The van der Waals surface area contributed by atoms with Gasteiger partial charge in [0.2, 0.25) is 0 Å². The van der Waals surface area contributed by atoms with Crippen LogP contribution in [0.5, 0.6) is 0 Å². The third-order valence-electron chi connectivity index (χ3n) is 3.71. The molecule has 1 N–H and O–H groups in total. The Labute approximate surface area is 91.8 Å². The van der Waals surface area contributed by atoms with E-state index >= 15 is 0 Å². The predicted molar refractivity (Wildman–Crippen MR) is 57.7 cm³/mol. The molecule has 2 rings (SSSR count). The van der Waals surface area contributed by atoms with Gasteiger partial charge in [0.1, 0.15) is 0 Å². The highest BCUT2D eigenvalue weighted by Gasteiger charge is 2.40. The maximum absolute atomic E-state index is 9.07. The fraction of sp³-hybridized carbons (Fsp3) is 1.00. The summed E-state index contributed by atoms with van der Waals surface area (Å²) < 4.78 is 11.3. The van der Waals surface area contributed by atoms with Gasteiger partial charge in [0.25, 0.3) is 0 Å². The zero-order valence-corrected chi connectivity index (χ0v) is 9.58. The average molecular weight is 214 g/mol. The summed E-state index contributed by atoms with van der Waals surface area (Å²) in [4.78, 5) is 0. The number of aliphatic hydroxyl groups is 1. The Morgan fingerprint density at radius 3 is 3.00 bits per heavy atom. The second kappa shape index (κ2) is 4.81. The molecule has 0 radical (unpaired) electrons. The predicted octanol–water partition coefficient (Wildman–Crippen LogP) is 1.59. The topological polar surface area (TPSA) is 38.7 Å². The first-order valence-electron chi connectivity index (χ1n) is 6.07. The largest absolute Gasteiger partial charge is 0.396 e. The van der Waals surface area contributed by atoms with Crippen molar-refractivity contribution >= 4 is 0 Å². The van der Waals surface area contributed by atoms with E-state index in [1.165, 1.54) is 0 Å². The van der Waals surface area contributed by atoms with Crippen LogP contribution < -0.4 is 0 Å². The SMILES string of the molecule is CC(CO)CC1CCOC2(CCOC2)C1. The van der Waals surface area contributed by atoms with Crippen LogP contribution >= 0.6 is 0 Å². The molecule has 0 bridgehead atoms. The van der Waals surface area contributed by atoms with Crippen LogP contribution in [0.2, 0.25) is 0 Å². The molecule has 3 atom stereocenters. The molecule has 0 aliphatic carbocycles. The zero-order chi connectivity index (χ0) is 10.7. The van der Waals surface area contributed by atoms with Crippen LogP contribution in [0, 0.1) is 11.8 Å². The van der Waals surface area contributed by atoms with E-state index in [-0.39, 0.29) is 5.60 Å². The van der Waals surface area contributed by atoms with Crippen LogP contribution in [0.4, 0.5) is 0 Å². The van der Waals surface area contributed by atoms with Crippen molar-refractivity contribution in [2.24, 2.45) is 11.8 Å². The van der Waals surface area contributed by atoms with Gasteiger partial charge in [-0.15, -0.1) is 0 Å². The Hall–Kier alpha value is -0.120. The van der Waals surface area contributed by atoms with Crippen molar-refractivity contribution < 1.29 is 14.6 Å². The lowest BCUT2D eigenvalue weighted by Gasteiger charge is -2.37. The van der Waals surface area contributed by atoms with Crippen LogP contribution in [-0.2, 0) is 9.47 Å². The number of hydrogen-bond donors (Lipinski definition) is 1. The Bertz CT molecular complexity index is 199. The Morgan fingerprint density at radius 2 is 2.33 bits per heavy atom. The minimum Gasteiger partial charge on any atom is -0.396 e. The van der Waals surface area contributed by atoms with Gasteiger partial charge >= 0.3 is 0 Å².